The Morgan fingerprint density at radius 3 is 2.83 bits per heavy atom. The van der Waals surface area contributed by atoms with Gasteiger partial charge in [0, 0.05) is 24.2 Å². The average Bonchev–Trinajstić information content (AvgIpc) is 2.65. The van der Waals surface area contributed by atoms with Crippen LogP contribution in [0, 0.1) is 5.92 Å². The molecule has 0 bridgehead atoms. The summed E-state index contributed by atoms with van der Waals surface area (Å²) in [5.41, 5.74) is 6.13. The Labute approximate surface area is 113 Å². The van der Waals surface area contributed by atoms with E-state index in [1.54, 1.807) is 15.8 Å². The van der Waals surface area contributed by atoms with Crippen LogP contribution in [0.2, 0.25) is 0 Å². The van der Waals surface area contributed by atoms with Gasteiger partial charge in [0.15, 0.2) is 0 Å². The first-order valence-electron chi connectivity index (χ1n) is 6.38. The van der Waals surface area contributed by atoms with Crippen molar-refractivity contribution in [3.05, 3.63) is 11.4 Å². The maximum Gasteiger partial charge on any atom is 0.252 e. The zero-order valence-electron chi connectivity index (χ0n) is 10.6. The van der Waals surface area contributed by atoms with E-state index in [-0.39, 0.29) is 0 Å². The third-order valence-electron chi connectivity index (χ3n) is 3.57. The normalized spacial score (nSPS) is 22.8. The van der Waals surface area contributed by atoms with Gasteiger partial charge in [-0.1, -0.05) is 13.3 Å². The average molecular weight is 288 g/mol. The monoisotopic (exact) mass is 288 g/mol. The van der Waals surface area contributed by atoms with E-state index < -0.39 is 10.0 Å². The number of anilines is 1. The first-order chi connectivity index (χ1) is 8.54. The summed E-state index contributed by atoms with van der Waals surface area (Å²) in [5.74, 6) is 0.665. The third kappa shape index (κ3) is 2.87. The number of nitrogens with zero attached hydrogens (tertiary/aromatic N) is 1. The Bertz CT molecular complexity index is 496. The Balaban J connectivity index is 2.15. The van der Waals surface area contributed by atoms with E-state index >= 15 is 0 Å². The Morgan fingerprint density at radius 2 is 2.22 bits per heavy atom. The lowest BCUT2D eigenvalue weighted by Gasteiger charge is -2.19. The first-order valence-corrected chi connectivity index (χ1v) is 8.70. The summed E-state index contributed by atoms with van der Waals surface area (Å²) in [5, 5.41) is 1.68. The van der Waals surface area contributed by atoms with Crippen molar-refractivity contribution in [1.29, 1.82) is 0 Å². The van der Waals surface area contributed by atoms with Gasteiger partial charge in [-0.15, -0.1) is 11.3 Å². The fourth-order valence-corrected chi connectivity index (χ4v) is 5.11. The number of rotatable bonds is 3. The lowest BCUT2D eigenvalue weighted by atomic mass is 9.98. The zero-order valence-corrected chi connectivity index (χ0v) is 12.3. The van der Waals surface area contributed by atoms with Crippen molar-refractivity contribution in [1.82, 2.24) is 4.31 Å². The molecule has 1 aliphatic rings. The largest absolute Gasteiger partial charge is 0.398 e. The van der Waals surface area contributed by atoms with E-state index in [1.165, 1.54) is 11.3 Å². The second-order valence-corrected chi connectivity index (χ2v) is 7.88. The molecule has 1 aliphatic heterocycles. The molecule has 0 amide bonds. The maximum absolute atomic E-state index is 12.4. The van der Waals surface area contributed by atoms with Crippen LogP contribution in [-0.2, 0) is 10.0 Å². The van der Waals surface area contributed by atoms with Crippen LogP contribution in [0.5, 0.6) is 0 Å². The lowest BCUT2D eigenvalue weighted by Crippen LogP contribution is -2.31. The van der Waals surface area contributed by atoms with Crippen molar-refractivity contribution in [3.63, 3.8) is 0 Å². The Morgan fingerprint density at radius 1 is 1.44 bits per heavy atom. The van der Waals surface area contributed by atoms with Gasteiger partial charge in [0.05, 0.1) is 0 Å². The van der Waals surface area contributed by atoms with Gasteiger partial charge in [-0.3, -0.25) is 0 Å². The molecule has 18 heavy (non-hydrogen) atoms. The molecule has 1 unspecified atom stereocenters. The van der Waals surface area contributed by atoms with E-state index in [2.05, 4.69) is 6.92 Å². The highest BCUT2D eigenvalue weighted by Gasteiger charge is 2.28. The molecule has 0 saturated carbocycles. The van der Waals surface area contributed by atoms with E-state index in [9.17, 15) is 8.42 Å². The van der Waals surface area contributed by atoms with E-state index in [0.29, 0.717) is 28.9 Å². The van der Waals surface area contributed by atoms with E-state index in [1.807, 2.05) is 0 Å². The highest BCUT2D eigenvalue weighted by atomic mass is 32.2. The molecule has 4 nitrogen and oxygen atoms in total. The van der Waals surface area contributed by atoms with Crippen molar-refractivity contribution in [2.24, 2.45) is 5.92 Å². The number of thiophene rings is 1. The van der Waals surface area contributed by atoms with Gasteiger partial charge in [0.2, 0.25) is 0 Å². The molecular formula is C12H20N2O2S2. The Hall–Kier alpha value is -0.590. The molecule has 1 atom stereocenters. The van der Waals surface area contributed by atoms with Crippen molar-refractivity contribution >= 4 is 27.0 Å². The van der Waals surface area contributed by atoms with Gasteiger partial charge in [0.25, 0.3) is 10.0 Å². The summed E-state index contributed by atoms with van der Waals surface area (Å²) < 4.78 is 26.8. The van der Waals surface area contributed by atoms with Gasteiger partial charge in [0.1, 0.15) is 4.21 Å². The number of nitrogens with two attached hydrogens (primary N) is 1. The standard InChI is InChI=1S/C12H20N2O2S2/c1-2-10-4-3-6-14(7-5-10)18(15,16)12-8-11(13)9-17-12/h8-10H,2-7,13H2,1H3. The van der Waals surface area contributed by atoms with E-state index in [4.69, 9.17) is 5.73 Å². The molecule has 0 aromatic carbocycles. The molecule has 2 N–H and O–H groups in total. The number of nitrogen functional groups attached to an aromatic ring is 1. The molecule has 6 heteroatoms. The number of hydrogen-bond acceptors (Lipinski definition) is 4. The van der Waals surface area contributed by atoms with Crippen LogP contribution < -0.4 is 5.73 Å². The fourth-order valence-electron chi connectivity index (χ4n) is 2.38. The summed E-state index contributed by atoms with van der Waals surface area (Å²) in [6.07, 6.45) is 4.20. The van der Waals surface area contributed by atoms with Crippen molar-refractivity contribution in [2.75, 3.05) is 18.8 Å². The van der Waals surface area contributed by atoms with Crippen molar-refractivity contribution in [2.45, 2.75) is 36.8 Å². The second kappa shape index (κ2) is 5.59. The van der Waals surface area contributed by atoms with Gasteiger partial charge in [-0.05, 0) is 31.2 Å². The lowest BCUT2D eigenvalue weighted by molar-refractivity contribution is 0.408. The van der Waals surface area contributed by atoms with Gasteiger partial charge in [-0.25, -0.2) is 8.42 Å². The van der Waals surface area contributed by atoms with Crippen LogP contribution in [0.25, 0.3) is 0 Å². The molecule has 1 aromatic rings. The van der Waals surface area contributed by atoms with Crippen LogP contribution in [0.4, 0.5) is 5.69 Å². The minimum absolute atomic E-state index is 0.370. The van der Waals surface area contributed by atoms with Gasteiger partial charge < -0.3 is 5.73 Å². The predicted octanol–water partition coefficient (Wildman–Crippen LogP) is 2.53. The highest BCUT2D eigenvalue weighted by molar-refractivity contribution is 7.91. The SMILES string of the molecule is CCC1CCCN(S(=O)(=O)c2cc(N)cs2)CC1. The minimum Gasteiger partial charge on any atom is -0.398 e. The smallest absolute Gasteiger partial charge is 0.252 e. The summed E-state index contributed by atoms with van der Waals surface area (Å²) in [6, 6.07) is 1.56. The van der Waals surface area contributed by atoms with Crippen LogP contribution in [0.1, 0.15) is 32.6 Å². The summed E-state index contributed by atoms with van der Waals surface area (Å²) in [4.78, 5) is 0. The van der Waals surface area contributed by atoms with E-state index in [0.717, 1.165) is 25.7 Å². The maximum atomic E-state index is 12.4. The van der Waals surface area contributed by atoms with Crippen LogP contribution in [-0.4, -0.2) is 25.8 Å². The van der Waals surface area contributed by atoms with Crippen molar-refractivity contribution < 1.29 is 8.42 Å². The Kier molecular flexibility index (Phi) is 4.29. The van der Waals surface area contributed by atoms with Crippen LogP contribution in [0.3, 0.4) is 0 Å². The third-order valence-corrected chi connectivity index (χ3v) is 6.91. The van der Waals surface area contributed by atoms with Crippen LogP contribution >= 0.6 is 11.3 Å². The summed E-state index contributed by atoms with van der Waals surface area (Å²) >= 11 is 1.21. The van der Waals surface area contributed by atoms with Gasteiger partial charge in [-0.2, -0.15) is 4.31 Å². The molecule has 102 valence electrons. The fraction of sp³-hybridized carbons (Fsp3) is 0.667. The molecule has 0 radical (unpaired) electrons. The van der Waals surface area contributed by atoms with Crippen molar-refractivity contribution in [3.8, 4) is 0 Å². The minimum atomic E-state index is -3.32. The van der Waals surface area contributed by atoms with Gasteiger partial charge >= 0.3 is 0 Å². The zero-order chi connectivity index (χ0) is 13.2. The topological polar surface area (TPSA) is 63.4 Å². The molecular weight excluding hydrogens is 268 g/mol. The molecule has 2 heterocycles. The first kappa shape index (κ1) is 13.8. The molecule has 1 aromatic heterocycles. The quantitative estimate of drug-likeness (QED) is 0.929. The molecule has 1 saturated heterocycles. The number of hydrogen-bond donors (Lipinski definition) is 1. The molecule has 1 fully saturated rings. The summed E-state index contributed by atoms with van der Waals surface area (Å²) in [7, 11) is -3.32. The highest BCUT2D eigenvalue weighted by Crippen LogP contribution is 2.28. The molecule has 0 spiro atoms. The number of sulfonamides is 1. The summed E-state index contributed by atoms with van der Waals surface area (Å²) in [6.45, 7) is 3.45. The second-order valence-electron chi connectivity index (χ2n) is 4.81. The van der Waals surface area contributed by atoms with Crippen LogP contribution in [0.15, 0.2) is 15.7 Å². The molecule has 2 rings (SSSR count). The predicted molar refractivity (Wildman–Crippen MR) is 75.1 cm³/mol. The molecule has 0 aliphatic carbocycles.